The summed E-state index contributed by atoms with van der Waals surface area (Å²) in [5, 5.41) is 0. The van der Waals surface area contributed by atoms with Crippen LogP contribution in [-0.2, 0) is 0 Å². The van der Waals surface area contributed by atoms with Crippen LogP contribution in [0.4, 0.5) is 17.6 Å². The van der Waals surface area contributed by atoms with Crippen LogP contribution in [-0.4, -0.2) is 0 Å². The van der Waals surface area contributed by atoms with Gasteiger partial charge in [-0.3, -0.25) is 0 Å². The van der Waals surface area contributed by atoms with Crippen molar-refractivity contribution in [3.8, 4) is 0 Å². The number of hydrogen-bond donors (Lipinski definition) is 0. The minimum atomic E-state index is -0.634. The van der Waals surface area contributed by atoms with Crippen LogP contribution in [0.5, 0.6) is 0 Å². The molecule has 2 aromatic carbocycles. The average Bonchev–Trinajstić information content (AvgIpc) is 2.46. The molecule has 0 saturated carbocycles. The van der Waals surface area contributed by atoms with E-state index in [2.05, 4.69) is 0 Å². The van der Waals surface area contributed by atoms with Crippen LogP contribution in [0, 0.1) is 51.0 Å². The SMILES string of the molecule is Cc1c(F)cc(F)c(C)c1SSc1c(C)c(F)cc(F)c1C. The van der Waals surface area contributed by atoms with Gasteiger partial charge in [0.15, 0.2) is 0 Å². The Balaban J connectivity index is 2.40. The smallest absolute Gasteiger partial charge is 0.130 e. The maximum Gasteiger partial charge on any atom is 0.130 e. The van der Waals surface area contributed by atoms with Crippen molar-refractivity contribution < 1.29 is 17.6 Å². The highest BCUT2D eigenvalue weighted by Crippen LogP contribution is 2.44. The van der Waals surface area contributed by atoms with Crippen LogP contribution in [0.1, 0.15) is 22.3 Å². The summed E-state index contributed by atoms with van der Waals surface area (Å²) in [4.78, 5) is 0.872. The molecule has 0 aliphatic heterocycles. The summed E-state index contributed by atoms with van der Waals surface area (Å²) >= 11 is 0. The highest BCUT2D eigenvalue weighted by atomic mass is 33.1. The lowest BCUT2D eigenvalue weighted by Gasteiger charge is -2.14. The molecule has 0 spiro atoms. The zero-order valence-electron chi connectivity index (χ0n) is 12.5. The van der Waals surface area contributed by atoms with E-state index >= 15 is 0 Å². The third-order valence-corrected chi connectivity index (χ3v) is 6.40. The first-order valence-corrected chi connectivity index (χ1v) is 8.64. The van der Waals surface area contributed by atoms with Crippen molar-refractivity contribution in [3.05, 3.63) is 57.7 Å². The fourth-order valence-corrected chi connectivity index (χ4v) is 5.04. The molecule has 6 heteroatoms. The van der Waals surface area contributed by atoms with Crippen molar-refractivity contribution in [2.75, 3.05) is 0 Å². The van der Waals surface area contributed by atoms with E-state index in [0.29, 0.717) is 32.0 Å². The molecule has 0 radical (unpaired) electrons. The molecule has 0 unspecified atom stereocenters. The first-order chi connectivity index (χ1) is 10.2. The molecule has 0 atom stereocenters. The maximum atomic E-state index is 13.7. The second-order valence-corrected chi connectivity index (χ2v) is 7.16. The normalized spacial score (nSPS) is 11.1. The second kappa shape index (κ2) is 6.54. The van der Waals surface area contributed by atoms with Crippen molar-refractivity contribution in [2.45, 2.75) is 37.5 Å². The van der Waals surface area contributed by atoms with E-state index < -0.39 is 23.3 Å². The van der Waals surface area contributed by atoms with Crippen LogP contribution >= 0.6 is 21.6 Å². The van der Waals surface area contributed by atoms with Gasteiger partial charge in [-0.2, -0.15) is 0 Å². The third kappa shape index (κ3) is 3.13. The molecule has 0 saturated heterocycles. The fourth-order valence-electron chi connectivity index (χ4n) is 1.99. The summed E-state index contributed by atoms with van der Waals surface area (Å²) in [5.41, 5.74) is 1.29. The Bertz CT molecular complexity index is 626. The van der Waals surface area contributed by atoms with Crippen LogP contribution in [0.25, 0.3) is 0 Å². The zero-order chi connectivity index (χ0) is 16.6. The molecule has 0 aromatic heterocycles. The summed E-state index contributed by atoms with van der Waals surface area (Å²) in [5.74, 6) is -2.54. The molecule has 118 valence electrons. The van der Waals surface area contributed by atoms with E-state index in [1.807, 2.05) is 0 Å². The largest absolute Gasteiger partial charge is 0.207 e. The zero-order valence-corrected chi connectivity index (χ0v) is 14.1. The molecular weight excluding hydrogens is 332 g/mol. The minimum Gasteiger partial charge on any atom is -0.207 e. The van der Waals surface area contributed by atoms with Crippen molar-refractivity contribution >= 4 is 21.6 Å². The molecular formula is C16H14F4S2. The molecule has 0 bridgehead atoms. The number of rotatable bonds is 3. The Morgan fingerprint density at radius 1 is 0.545 bits per heavy atom. The Kier molecular flexibility index (Phi) is 5.12. The van der Waals surface area contributed by atoms with Gasteiger partial charge in [-0.15, -0.1) is 0 Å². The van der Waals surface area contributed by atoms with Crippen LogP contribution in [0.2, 0.25) is 0 Å². The van der Waals surface area contributed by atoms with Gasteiger partial charge in [0.1, 0.15) is 23.3 Å². The monoisotopic (exact) mass is 346 g/mol. The predicted molar refractivity (Wildman–Crippen MR) is 83.4 cm³/mol. The Morgan fingerprint density at radius 2 is 0.773 bits per heavy atom. The lowest BCUT2D eigenvalue weighted by Crippen LogP contribution is -1.96. The van der Waals surface area contributed by atoms with Crippen LogP contribution in [0.15, 0.2) is 21.9 Å². The van der Waals surface area contributed by atoms with Gasteiger partial charge >= 0.3 is 0 Å². The highest BCUT2D eigenvalue weighted by molar-refractivity contribution is 8.76. The Labute approximate surface area is 134 Å². The molecule has 0 fully saturated rings. The molecule has 2 rings (SSSR count). The van der Waals surface area contributed by atoms with Gasteiger partial charge in [0.05, 0.1) is 0 Å². The first-order valence-electron chi connectivity index (χ1n) is 6.49. The number of benzene rings is 2. The summed E-state index contributed by atoms with van der Waals surface area (Å²) in [6.45, 7) is 6.21. The van der Waals surface area contributed by atoms with Gasteiger partial charge in [0.2, 0.25) is 0 Å². The van der Waals surface area contributed by atoms with Gasteiger partial charge in [-0.25, -0.2) is 17.6 Å². The molecule has 0 N–H and O–H groups in total. The van der Waals surface area contributed by atoms with Gasteiger partial charge in [0.25, 0.3) is 0 Å². The first kappa shape index (κ1) is 17.2. The van der Waals surface area contributed by atoms with Crippen molar-refractivity contribution in [2.24, 2.45) is 0 Å². The fraction of sp³-hybridized carbons (Fsp3) is 0.250. The summed E-state index contributed by atoms with van der Waals surface area (Å²) in [6.07, 6.45) is 0. The summed E-state index contributed by atoms with van der Waals surface area (Å²) < 4.78 is 54.6. The van der Waals surface area contributed by atoms with Crippen molar-refractivity contribution in [3.63, 3.8) is 0 Å². The second-order valence-electron chi connectivity index (χ2n) is 5.01. The molecule has 22 heavy (non-hydrogen) atoms. The van der Waals surface area contributed by atoms with Crippen LogP contribution < -0.4 is 0 Å². The van der Waals surface area contributed by atoms with E-state index in [-0.39, 0.29) is 0 Å². The van der Waals surface area contributed by atoms with Gasteiger partial charge in [-0.05, 0) is 49.9 Å². The molecule has 0 aliphatic carbocycles. The van der Waals surface area contributed by atoms with Crippen molar-refractivity contribution in [1.29, 1.82) is 0 Å². The van der Waals surface area contributed by atoms with Crippen molar-refractivity contribution in [1.82, 2.24) is 0 Å². The molecule has 0 amide bonds. The van der Waals surface area contributed by atoms with E-state index in [1.165, 1.54) is 0 Å². The molecule has 2 aromatic rings. The number of hydrogen-bond acceptors (Lipinski definition) is 2. The van der Waals surface area contributed by atoms with Gasteiger partial charge in [-0.1, -0.05) is 21.6 Å². The Hall–Kier alpha value is -1.14. The number of halogens is 4. The predicted octanol–water partition coefficient (Wildman–Crippen LogP) is 6.28. The maximum absolute atomic E-state index is 13.7. The summed E-state index contributed by atoms with van der Waals surface area (Å²) in [6, 6.07) is 1.69. The lowest BCUT2D eigenvalue weighted by atomic mass is 10.1. The topological polar surface area (TPSA) is 0 Å². The third-order valence-electron chi connectivity index (χ3n) is 3.51. The van der Waals surface area contributed by atoms with E-state index in [9.17, 15) is 17.6 Å². The van der Waals surface area contributed by atoms with Crippen LogP contribution in [0.3, 0.4) is 0 Å². The average molecular weight is 346 g/mol. The van der Waals surface area contributed by atoms with E-state index in [1.54, 1.807) is 27.7 Å². The van der Waals surface area contributed by atoms with E-state index in [4.69, 9.17) is 0 Å². The molecule has 0 nitrogen and oxygen atoms in total. The Morgan fingerprint density at radius 3 is 1.00 bits per heavy atom. The van der Waals surface area contributed by atoms with Gasteiger partial charge in [0, 0.05) is 21.9 Å². The molecule has 0 heterocycles. The minimum absolute atomic E-state index is 0.323. The molecule has 0 aliphatic rings. The highest BCUT2D eigenvalue weighted by Gasteiger charge is 2.17. The van der Waals surface area contributed by atoms with E-state index in [0.717, 1.165) is 33.7 Å². The standard InChI is InChI=1S/C16H14F4S2/c1-7-11(17)5-12(18)8(2)15(7)21-22-16-9(3)13(19)6-14(20)10(16)4/h5-6H,1-4H3. The lowest BCUT2D eigenvalue weighted by molar-refractivity contribution is 0.563. The quantitative estimate of drug-likeness (QED) is 0.474. The summed E-state index contributed by atoms with van der Waals surface area (Å²) in [7, 11) is 2.21. The van der Waals surface area contributed by atoms with Gasteiger partial charge < -0.3 is 0 Å².